The molecule has 224 valence electrons. The zero-order chi connectivity index (χ0) is 30.8. The van der Waals surface area contributed by atoms with Gasteiger partial charge in [0.05, 0.1) is 13.2 Å². The van der Waals surface area contributed by atoms with Crippen molar-refractivity contribution < 1.29 is 33.8 Å². The molecule has 12 nitrogen and oxygen atoms in total. The Labute approximate surface area is 244 Å². The quantitative estimate of drug-likeness (QED) is 0.147. The van der Waals surface area contributed by atoms with Crippen LogP contribution in [0.1, 0.15) is 54.2 Å². The highest BCUT2D eigenvalue weighted by Gasteiger charge is 2.25. The molecule has 0 saturated heterocycles. The lowest BCUT2D eigenvalue weighted by Gasteiger charge is -2.25. The zero-order valence-electron chi connectivity index (χ0n) is 24.1. The minimum atomic E-state index is -1.55. The number of rotatable bonds is 14. The van der Waals surface area contributed by atoms with Gasteiger partial charge in [-0.2, -0.15) is 5.10 Å². The number of esters is 2. The highest BCUT2D eigenvalue weighted by molar-refractivity contribution is 5.97. The van der Waals surface area contributed by atoms with E-state index in [9.17, 15) is 24.3 Å². The molecule has 42 heavy (non-hydrogen) atoms. The van der Waals surface area contributed by atoms with Gasteiger partial charge < -0.3 is 20.3 Å². The molecular formula is C30H37N5O7. The Bertz CT molecular complexity index is 1370. The molecule has 0 saturated carbocycles. The van der Waals surface area contributed by atoms with Crippen molar-refractivity contribution in [2.75, 3.05) is 13.2 Å². The first-order chi connectivity index (χ1) is 20.0. The molecule has 1 aromatic heterocycles. The third-order valence-corrected chi connectivity index (χ3v) is 6.34. The number of ether oxygens (including phenoxy) is 2. The molecule has 1 amide bonds. The Kier molecular flexibility index (Phi) is 11.5. The molecule has 3 aromatic rings. The Morgan fingerprint density at radius 3 is 2.24 bits per heavy atom. The maximum absolute atomic E-state index is 13.4. The maximum Gasteiger partial charge on any atom is 0.336 e. The van der Waals surface area contributed by atoms with Gasteiger partial charge in [-0.15, -0.1) is 0 Å². The predicted octanol–water partition coefficient (Wildman–Crippen LogP) is 2.31. The standard InChI is InChI=1S/C30H37N5O7/c1-5-41-29(39)26(37)17-34(16-21-11-13-23(14-12-21)22-9-7-6-8-10-22)33-28(38)25-15-24(20(4)36)32-35(25)18-42-30(40)27(31)19(2)3/h6-15,19,26-27,37H,5,16-18,31H2,1-4H3,(H,33,38). The van der Waals surface area contributed by atoms with Gasteiger partial charge in [0.1, 0.15) is 17.4 Å². The lowest BCUT2D eigenvalue weighted by molar-refractivity contribution is -0.154. The molecule has 0 aliphatic heterocycles. The largest absolute Gasteiger partial charge is 0.464 e. The number of ketones is 1. The van der Waals surface area contributed by atoms with Crippen molar-refractivity contribution in [2.24, 2.45) is 11.7 Å². The van der Waals surface area contributed by atoms with Crippen LogP contribution in [0.5, 0.6) is 0 Å². The van der Waals surface area contributed by atoms with Gasteiger partial charge in [-0.25, -0.2) is 14.5 Å². The average Bonchev–Trinajstić information content (AvgIpc) is 3.41. The summed E-state index contributed by atoms with van der Waals surface area (Å²) in [5, 5.41) is 15.9. The van der Waals surface area contributed by atoms with Crippen LogP contribution < -0.4 is 11.2 Å². The molecule has 0 radical (unpaired) electrons. The Balaban J connectivity index is 1.83. The molecule has 0 bridgehead atoms. The van der Waals surface area contributed by atoms with Crippen molar-refractivity contribution in [3.8, 4) is 11.1 Å². The molecule has 2 aromatic carbocycles. The fourth-order valence-electron chi connectivity index (χ4n) is 3.89. The minimum absolute atomic E-state index is 0.0148. The third kappa shape index (κ3) is 8.80. The number of aliphatic hydroxyl groups is 1. The molecule has 0 aliphatic rings. The predicted molar refractivity (Wildman–Crippen MR) is 154 cm³/mol. The molecular weight excluding hydrogens is 542 g/mol. The van der Waals surface area contributed by atoms with Gasteiger partial charge in [0.15, 0.2) is 18.6 Å². The number of hydrogen-bond acceptors (Lipinski definition) is 10. The second kappa shape index (κ2) is 15.0. The molecule has 12 heteroatoms. The van der Waals surface area contributed by atoms with Gasteiger partial charge in [-0.1, -0.05) is 68.4 Å². The van der Waals surface area contributed by atoms with Crippen LogP contribution in [0.15, 0.2) is 60.7 Å². The van der Waals surface area contributed by atoms with Crippen LogP contribution in [0.3, 0.4) is 0 Å². The van der Waals surface area contributed by atoms with Gasteiger partial charge in [-0.05, 0) is 29.5 Å². The van der Waals surface area contributed by atoms with Crippen molar-refractivity contribution in [3.05, 3.63) is 77.6 Å². The van der Waals surface area contributed by atoms with Crippen molar-refractivity contribution in [1.29, 1.82) is 0 Å². The molecule has 2 atom stereocenters. The number of nitrogens with two attached hydrogens (primary N) is 1. The first-order valence-corrected chi connectivity index (χ1v) is 13.6. The minimum Gasteiger partial charge on any atom is -0.464 e. The Hall–Kier alpha value is -4.39. The van der Waals surface area contributed by atoms with E-state index in [1.807, 2.05) is 54.6 Å². The van der Waals surface area contributed by atoms with E-state index in [0.717, 1.165) is 21.4 Å². The number of aromatic nitrogens is 2. The maximum atomic E-state index is 13.4. The number of Topliss-reactive ketones (excluding diaryl/α,β-unsaturated/α-hetero) is 1. The van der Waals surface area contributed by atoms with Crippen LogP contribution in [-0.2, 0) is 32.3 Å². The van der Waals surface area contributed by atoms with E-state index in [-0.39, 0.29) is 37.0 Å². The van der Waals surface area contributed by atoms with Crippen molar-refractivity contribution in [3.63, 3.8) is 0 Å². The average molecular weight is 580 g/mol. The Morgan fingerprint density at radius 2 is 1.64 bits per heavy atom. The smallest absolute Gasteiger partial charge is 0.336 e. The van der Waals surface area contributed by atoms with E-state index < -0.39 is 42.5 Å². The van der Waals surface area contributed by atoms with Gasteiger partial charge in [0, 0.05) is 19.5 Å². The summed E-state index contributed by atoms with van der Waals surface area (Å²) in [6.07, 6.45) is -1.55. The van der Waals surface area contributed by atoms with E-state index in [1.165, 1.54) is 18.0 Å². The summed E-state index contributed by atoms with van der Waals surface area (Å²) in [6, 6.07) is 17.8. The second-order valence-corrected chi connectivity index (χ2v) is 9.99. The zero-order valence-corrected chi connectivity index (χ0v) is 24.1. The van der Waals surface area contributed by atoms with Crippen molar-refractivity contribution in [1.82, 2.24) is 20.2 Å². The topological polar surface area (TPSA) is 166 Å². The first kappa shape index (κ1) is 32.1. The molecule has 3 rings (SSSR count). The summed E-state index contributed by atoms with van der Waals surface area (Å²) >= 11 is 0. The van der Waals surface area contributed by atoms with Crippen LogP contribution in [0.25, 0.3) is 11.1 Å². The monoisotopic (exact) mass is 579 g/mol. The highest BCUT2D eigenvalue weighted by atomic mass is 16.5. The van der Waals surface area contributed by atoms with E-state index in [2.05, 4.69) is 10.5 Å². The third-order valence-electron chi connectivity index (χ3n) is 6.34. The van der Waals surface area contributed by atoms with E-state index in [4.69, 9.17) is 15.2 Å². The van der Waals surface area contributed by atoms with Gasteiger partial charge in [0.2, 0.25) is 0 Å². The number of hydrogen-bond donors (Lipinski definition) is 3. The van der Waals surface area contributed by atoms with E-state index in [1.54, 1.807) is 20.8 Å². The number of aliphatic hydroxyl groups excluding tert-OH is 1. The summed E-state index contributed by atoms with van der Waals surface area (Å²) in [5.41, 5.74) is 11.2. The fourth-order valence-corrected chi connectivity index (χ4v) is 3.89. The number of amides is 1. The summed E-state index contributed by atoms with van der Waals surface area (Å²) < 4.78 is 11.2. The van der Waals surface area contributed by atoms with E-state index >= 15 is 0 Å². The van der Waals surface area contributed by atoms with Crippen LogP contribution in [-0.4, -0.2) is 68.8 Å². The van der Waals surface area contributed by atoms with Crippen molar-refractivity contribution in [2.45, 2.75) is 53.1 Å². The van der Waals surface area contributed by atoms with Crippen LogP contribution in [0.4, 0.5) is 0 Å². The van der Waals surface area contributed by atoms with Crippen molar-refractivity contribution >= 4 is 23.6 Å². The molecule has 0 spiro atoms. The van der Waals surface area contributed by atoms with Crippen LogP contribution >= 0.6 is 0 Å². The number of nitrogens with zero attached hydrogens (tertiary/aromatic N) is 3. The SMILES string of the molecule is CCOC(=O)C(O)CN(Cc1ccc(-c2ccccc2)cc1)NC(=O)c1cc(C(C)=O)nn1COC(=O)C(N)C(C)C. The fraction of sp³-hybridized carbons (Fsp3) is 0.367. The lowest BCUT2D eigenvalue weighted by atomic mass is 10.0. The summed E-state index contributed by atoms with van der Waals surface area (Å²) in [4.78, 5) is 49.9. The van der Waals surface area contributed by atoms with Gasteiger partial charge in [0.25, 0.3) is 5.91 Å². The molecule has 2 unspecified atom stereocenters. The van der Waals surface area contributed by atoms with Crippen LogP contribution in [0.2, 0.25) is 0 Å². The summed E-state index contributed by atoms with van der Waals surface area (Å²) in [5.74, 6) is -2.81. The highest BCUT2D eigenvalue weighted by Crippen LogP contribution is 2.20. The normalized spacial score (nSPS) is 12.6. The number of benzene rings is 2. The van der Waals surface area contributed by atoms with Gasteiger partial charge in [-0.3, -0.25) is 19.8 Å². The van der Waals surface area contributed by atoms with Gasteiger partial charge >= 0.3 is 11.9 Å². The number of carbonyl (C=O) groups is 4. The molecule has 0 aliphatic carbocycles. The van der Waals surface area contributed by atoms with Crippen LogP contribution in [0, 0.1) is 5.92 Å². The molecule has 0 fully saturated rings. The Morgan fingerprint density at radius 1 is 1.00 bits per heavy atom. The number of nitrogens with one attached hydrogen (secondary N) is 1. The molecule has 1 heterocycles. The lowest BCUT2D eigenvalue weighted by Crippen LogP contribution is -2.48. The summed E-state index contributed by atoms with van der Waals surface area (Å²) in [7, 11) is 0. The number of hydrazine groups is 1. The number of carbonyl (C=O) groups excluding carboxylic acids is 4. The van der Waals surface area contributed by atoms with E-state index in [0.29, 0.717) is 0 Å². The first-order valence-electron chi connectivity index (χ1n) is 13.6. The summed E-state index contributed by atoms with van der Waals surface area (Å²) in [6.45, 7) is 5.88. The molecule has 4 N–H and O–H groups in total. The second-order valence-electron chi connectivity index (χ2n) is 9.99.